The van der Waals surface area contributed by atoms with E-state index in [9.17, 15) is 0 Å². The lowest BCUT2D eigenvalue weighted by Gasteiger charge is -2.30. The van der Waals surface area contributed by atoms with Gasteiger partial charge in [0.15, 0.2) is 11.5 Å². The van der Waals surface area contributed by atoms with Gasteiger partial charge in [-0.2, -0.15) is 4.98 Å². The van der Waals surface area contributed by atoms with Crippen LogP contribution in [0.1, 0.15) is 22.3 Å². The lowest BCUT2D eigenvalue weighted by molar-refractivity contribution is 0.353. The highest BCUT2D eigenvalue weighted by atomic mass is 16.5. The molecule has 3 aromatic rings. The molecule has 0 saturated heterocycles. The van der Waals surface area contributed by atoms with Crippen LogP contribution in [0.4, 0.5) is 17.5 Å². The highest BCUT2D eigenvalue weighted by Gasteiger charge is 2.21. The van der Waals surface area contributed by atoms with Crippen molar-refractivity contribution in [2.24, 2.45) is 0 Å². The summed E-state index contributed by atoms with van der Waals surface area (Å²) >= 11 is 0. The molecule has 0 aliphatic carbocycles. The molecule has 0 saturated carbocycles. The molecule has 0 atom stereocenters. The average molecular weight is 390 g/mol. The molecule has 1 N–H and O–H groups in total. The summed E-state index contributed by atoms with van der Waals surface area (Å²) in [6.07, 6.45) is 2.73. The van der Waals surface area contributed by atoms with E-state index < -0.39 is 0 Å². The summed E-state index contributed by atoms with van der Waals surface area (Å²) < 4.78 is 10.9. The summed E-state index contributed by atoms with van der Waals surface area (Å²) in [5, 5.41) is 3.35. The van der Waals surface area contributed by atoms with Crippen LogP contribution in [-0.4, -0.2) is 30.7 Å². The van der Waals surface area contributed by atoms with Gasteiger partial charge in [-0.3, -0.25) is 0 Å². The molecule has 0 spiro atoms. The predicted octanol–water partition coefficient (Wildman–Crippen LogP) is 4.42. The van der Waals surface area contributed by atoms with E-state index in [1.54, 1.807) is 20.4 Å². The van der Waals surface area contributed by atoms with Crippen molar-refractivity contribution in [1.82, 2.24) is 9.97 Å². The first-order valence-electron chi connectivity index (χ1n) is 9.73. The predicted molar refractivity (Wildman–Crippen MR) is 116 cm³/mol. The maximum absolute atomic E-state index is 5.47. The van der Waals surface area contributed by atoms with Crippen LogP contribution < -0.4 is 19.7 Å². The van der Waals surface area contributed by atoms with Gasteiger partial charge in [0.2, 0.25) is 5.95 Å². The van der Waals surface area contributed by atoms with Crippen LogP contribution >= 0.6 is 0 Å². The molecule has 1 aromatic heterocycles. The Bertz CT molecular complexity index is 1040. The van der Waals surface area contributed by atoms with Crippen molar-refractivity contribution in [2.45, 2.75) is 26.8 Å². The maximum atomic E-state index is 5.47. The van der Waals surface area contributed by atoms with Crippen LogP contribution in [0.5, 0.6) is 11.5 Å². The van der Waals surface area contributed by atoms with Crippen molar-refractivity contribution in [1.29, 1.82) is 0 Å². The molecular weight excluding hydrogens is 364 g/mol. The Morgan fingerprint density at radius 3 is 2.45 bits per heavy atom. The minimum absolute atomic E-state index is 0.604. The molecule has 2 aromatic carbocycles. The van der Waals surface area contributed by atoms with Gasteiger partial charge in [0.05, 0.1) is 14.2 Å². The zero-order valence-electron chi connectivity index (χ0n) is 17.3. The van der Waals surface area contributed by atoms with E-state index in [1.807, 2.05) is 6.07 Å². The largest absolute Gasteiger partial charge is 0.493 e. The van der Waals surface area contributed by atoms with Crippen LogP contribution in [0.3, 0.4) is 0 Å². The number of methoxy groups -OCH3 is 2. The number of rotatable bonds is 5. The molecule has 0 unspecified atom stereocenters. The molecule has 0 bridgehead atoms. The minimum atomic E-state index is 0.604. The molecule has 6 nitrogen and oxygen atoms in total. The average Bonchev–Trinajstić information content (AvgIpc) is 2.74. The fraction of sp³-hybridized carbons (Fsp3) is 0.304. The smallest absolute Gasteiger partial charge is 0.229 e. The molecule has 0 amide bonds. The van der Waals surface area contributed by atoms with Gasteiger partial charge in [-0.05, 0) is 61.2 Å². The third-order valence-electron chi connectivity index (χ3n) is 5.31. The third kappa shape index (κ3) is 3.97. The summed E-state index contributed by atoms with van der Waals surface area (Å²) in [5.41, 5.74) is 5.96. The molecule has 29 heavy (non-hydrogen) atoms. The fourth-order valence-corrected chi connectivity index (χ4v) is 3.74. The number of benzene rings is 2. The van der Waals surface area contributed by atoms with Gasteiger partial charge >= 0.3 is 0 Å². The lowest BCUT2D eigenvalue weighted by atomic mass is 9.99. The Hall–Kier alpha value is -3.28. The van der Waals surface area contributed by atoms with E-state index >= 15 is 0 Å². The van der Waals surface area contributed by atoms with Crippen LogP contribution in [0, 0.1) is 13.8 Å². The monoisotopic (exact) mass is 390 g/mol. The van der Waals surface area contributed by atoms with Crippen molar-refractivity contribution in [3.05, 3.63) is 64.8 Å². The molecule has 150 valence electrons. The van der Waals surface area contributed by atoms with Crippen LogP contribution in [0.2, 0.25) is 0 Å². The molecule has 2 heterocycles. The Labute approximate surface area is 171 Å². The van der Waals surface area contributed by atoms with E-state index in [0.717, 1.165) is 42.5 Å². The number of aryl methyl sites for hydroxylation is 2. The van der Waals surface area contributed by atoms with Gasteiger partial charge in [0.1, 0.15) is 5.82 Å². The number of nitrogens with zero attached hydrogens (tertiary/aromatic N) is 3. The van der Waals surface area contributed by atoms with Gasteiger partial charge in [-0.25, -0.2) is 4.98 Å². The van der Waals surface area contributed by atoms with Crippen LogP contribution in [0.15, 0.2) is 42.6 Å². The Morgan fingerprint density at radius 1 is 0.966 bits per heavy atom. The standard InChI is InChI=1S/C23H26N4O2/c1-15-5-6-19(16(2)11-15)25-23-24-9-7-22(26-23)27-10-8-17-12-20(28-3)21(29-4)13-18(17)14-27/h5-7,9,11-13H,8,10,14H2,1-4H3,(H,24,25,26). The second-order valence-corrected chi connectivity index (χ2v) is 7.33. The number of anilines is 3. The topological polar surface area (TPSA) is 59.5 Å². The summed E-state index contributed by atoms with van der Waals surface area (Å²) in [6.45, 7) is 5.84. The van der Waals surface area contributed by atoms with Crippen molar-refractivity contribution >= 4 is 17.5 Å². The highest BCUT2D eigenvalue weighted by Crippen LogP contribution is 2.34. The molecule has 1 aliphatic heterocycles. The molecule has 0 fully saturated rings. The second-order valence-electron chi connectivity index (χ2n) is 7.33. The Kier molecular flexibility index (Phi) is 5.25. The molecule has 0 radical (unpaired) electrons. The van der Waals surface area contributed by atoms with Crippen molar-refractivity contribution in [3.8, 4) is 11.5 Å². The van der Waals surface area contributed by atoms with E-state index in [1.165, 1.54) is 22.3 Å². The van der Waals surface area contributed by atoms with Crippen molar-refractivity contribution in [3.63, 3.8) is 0 Å². The number of hydrogen-bond donors (Lipinski definition) is 1. The minimum Gasteiger partial charge on any atom is -0.493 e. The van der Waals surface area contributed by atoms with Gasteiger partial charge in [-0.15, -0.1) is 0 Å². The summed E-state index contributed by atoms with van der Waals surface area (Å²) in [5.74, 6) is 3.05. The molecular formula is C23H26N4O2. The SMILES string of the molecule is COc1cc2c(cc1OC)CN(c1ccnc(Nc3ccc(C)cc3C)n1)CC2. The first kappa shape index (κ1) is 19.1. The lowest BCUT2D eigenvalue weighted by Crippen LogP contribution is -2.31. The zero-order valence-corrected chi connectivity index (χ0v) is 17.3. The van der Waals surface area contributed by atoms with Gasteiger partial charge in [0.25, 0.3) is 0 Å². The van der Waals surface area contributed by atoms with E-state index in [2.05, 4.69) is 59.4 Å². The summed E-state index contributed by atoms with van der Waals surface area (Å²) in [4.78, 5) is 11.4. The van der Waals surface area contributed by atoms with Crippen molar-refractivity contribution < 1.29 is 9.47 Å². The molecule has 6 heteroatoms. The Balaban J connectivity index is 1.56. The van der Waals surface area contributed by atoms with Gasteiger partial charge in [-0.1, -0.05) is 17.7 Å². The number of fused-ring (bicyclic) bond motifs is 1. The molecule has 4 rings (SSSR count). The first-order valence-corrected chi connectivity index (χ1v) is 9.73. The Morgan fingerprint density at radius 2 is 1.72 bits per heavy atom. The number of hydrogen-bond acceptors (Lipinski definition) is 6. The maximum Gasteiger partial charge on any atom is 0.229 e. The van der Waals surface area contributed by atoms with E-state index in [-0.39, 0.29) is 0 Å². The normalized spacial score (nSPS) is 13.0. The molecule has 1 aliphatic rings. The summed E-state index contributed by atoms with van der Waals surface area (Å²) in [6, 6.07) is 12.4. The van der Waals surface area contributed by atoms with Crippen LogP contribution in [0.25, 0.3) is 0 Å². The van der Waals surface area contributed by atoms with E-state index in [4.69, 9.17) is 14.5 Å². The highest BCUT2D eigenvalue weighted by molar-refractivity contribution is 5.60. The fourth-order valence-electron chi connectivity index (χ4n) is 3.74. The van der Waals surface area contributed by atoms with Crippen LogP contribution in [-0.2, 0) is 13.0 Å². The number of aromatic nitrogens is 2. The number of ether oxygens (including phenoxy) is 2. The zero-order chi connectivity index (χ0) is 20.4. The number of nitrogens with one attached hydrogen (secondary N) is 1. The third-order valence-corrected chi connectivity index (χ3v) is 5.31. The van der Waals surface area contributed by atoms with Gasteiger partial charge < -0.3 is 19.7 Å². The van der Waals surface area contributed by atoms with E-state index in [0.29, 0.717) is 5.95 Å². The van der Waals surface area contributed by atoms with Crippen molar-refractivity contribution in [2.75, 3.05) is 31.0 Å². The summed E-state index contributed by atoms with van der Waals surface area (Å²) in [7, 11) is 3.34. The van der Waals surface area contributed by atoms with Gasteiger partial charge in [0, 0.05) is 25.0 Å². The quantitative estimate of drug-likeness (QED) is 0.696. The second kappa shape index (κ2) is 7.99. The first-order chi connectivity index (χ1) is 14.1.